The highest BCUT2D eigenvalue weighted by atomic mass is 79.9. The van der Waals surface area contributed by atoms with Gasteiger partial charge >= 0.3 is 0 Å². The summed E-state index contributed by atoms with van der Waals surface area (Å²) in [5.74, 6) is 1.31. The summed E-state index contributed by atoms with van der Waals surface area (Å²) in [6, 6.07) is 23.5. The summed E-state index contributed by atoms with van der Waals surface area (Å²) in [7, 11) is 1.63. The van der Waals surface area contributed by atoms with Crippen LogP contribution in [0.15, 0.2) is 87.3 Å². The molecule has 0 atom stereocenters. The van der Waals surface area contributed by atoms with Crippen molar-refractivity contribution in [1.29, 1.82) is 0 Å². The van der Waals surface area contributed by atoms with Crippen LogP contribution in [0.1, 0.15) is 12.0 Å². The molecule has 1 amide bonds. The van der Waals surface area contributed by atoms with E-state index >= 15 is 0 Å². The fraction of sp³-hybridized carbons (Fsp3) is 0.125. The molecule has 0 radical (unpaired) electrons. The van der Waals surface area contributed by atoms with Crippen LogP contribution >= 0.6 is 39.0 Å². The van der Waals surface area contributed by atoms with E-state index in [0.717, 1.165) is 30.9 Å². The van der Waals surface area contributed by atoms with Crippen LogP contribution in [0.3, 0.4) is 0 Å². The fourth-order valence-electron chi connectivity index (χ4n) is 2.88. The Hall–Kier alpha value is -2.68. The van der Waals surface area contributed by atoms with Crippen LogP contribution in [-0.2, 0) is 4.79 Å². The van der Waals surface area contributed by atoms with Gasteiger partial charge in [0.15, 0.2) is 0 Å². The second kappa shape index (κ2) is 10.8. The van der Waals surface area contributed by atoms with Gasteiger partial charge in [-0.05, 0) is 48.0 Å². The number of hydrazone groups is 1. The summed E-state index contributed by atoms with van der Waals surface area (Å²) in [6.07, 6.45) is 2.03. The number of anilines is 1. The zero-order chi connectivity index (χ0) is 22.3. The molecule has 0 aliphatic rings. The Morgan fingerprint density at radius 2 is 1.94 bits per heavy atom. The average Bonchev–Trinajstić information content (AvgIpc) is 3.24. The number of methoxy groups -OCH3 is 1. The van der Waals surface area contributed by atoms with E-state index in [1.165, 1.54) is 16.3 Å². The molecule has 32 heavy (non-hydrogen) atoms. The van der Waals surface area contributed by atoms with E-state index in [1.54, 1.807) is 25.1 Å². The molecule has 4 aromatic rings. The summed E-state index contributed by atoms with van der Waals surface area (Å²) < 4.78 is 7.24. The van der Waals surface area contributed by atoms with Gasteiger partial charge in [-0.3, -0.25) is 4.79 Å². The van der Waals surface area contributed by atoms with Gasteiger partial charge in [-0.25, -0.2) is 4.98 Å². The van der Waals surface area contributed by atoms with Crippen molar-refractivity contribution in [2.45, 2.75) is 11.3 Å². The molecule has 0 aliphatic heterocycles. The maximum atomic E-state index is 13.1. The summed E-state index contributed by atoms with van der Waals surface area (Å²) in [5.41, 5.74) is 1.70. The number of nitrogens with zero attached hydrogens (tertiary/aromatic N) is 3. The molecule has 5 nitrogen and oxygen atoms in total. The standard InChI is InChI=1S/C24H20BrN3O2S2/c1-30-19-11-12-21-22(15-19)32-24(27-21)28(26-16-17-7-9-18(25)10-8-17)23(29)13-14-31-20-5-3-2-4-6-20/h2-12,15-16H,13-14H2,1H3/b26-16+. The third-order valence-corrected chi connectivity index (χ3v) is 7.06. The SMILES string of the molecule is COc1ccc2nc(N(/N=C/c3ccc(Br)cc3)C(=O)CCSc3ccccc3)sc2c1. The highest BCUT2D eigenvalue weighted by Gasteiger charge is 2.19. The number of amides is 1. The molecule has 0 fully saturated rings. The van der Waals surface area contributed by atoms with Crippen LogP contribution in [0.4, 0.5) is 5.13 Å². The number of aromatic nitrogens is 1. The average molecular weight is 526 g/mol. The van der Waals surface area contributed by atoms with E-state index in [-0.39, 0.29) is 5.91 Å². The van der Waals surface area contributed by atoms with Crippen LogP contribution < -0.4 is 9.75 Å². The van der Waals surface area contributed by atoms with Crippen LogP contribution in [-0.4, -0.2) is 30.0 Å². The van der Waals surface area contributed by atoms with E-state index in [0.29, 0.717) is 17.3 Å². The van der Waals surface area contributed by atoms with Crippen LogP contribution in [0.5, 0.6) is 5.75 Å². The molecule has 3 aromatic carbocycles. The molecule has 4 rings (SSSR count). The van der Waals surface area contributed by atoms with Crippen molar-refractivity contribution in [3.8, 4) is 5.75 Å². The van der Waals surface area contributed by atoms with Crippen molar-refractivity contribution in [3.05, 3.63) is 82.8 Å². The molecule has 0 unspecified atom stereocenters. The zero-order valence-corrected chi connectivity index (χ0v) is 20.5. The number of carbonyl (C=O) groups excluding carboxylic acids is 1. The molecule has 1 aromatic heterocycles. The lowest BCUT2D eigenvalue weighted by molar-refractivity contribution is -0.118. The van der Waals surface area contributed by atoms with Crippen molar-refractivity contribution in [3.63, 3.8) is 0 Å². The highest BCUT2D eigenvalue weighted by Crippen LogP contribution is 2.32. The largest absolute Gasteiger partial charge is 0.497 e. The lowest BCUT2D eigenvalue weighted by atomic mass is 10.2. The van der Waals surface area contributed by atoms with Gasteiger partial charge in [0.05, 0.1) is 23.5 Å². The lowest BCUT2D eigenvalue weighted by Gasteiger charge is -2.13. The Bertz CT molecular complexity index is 1230. The van der Waals surface area contributed by atoms with Gasteiger partial charge in [0.2, 0.25) is 11.0 Å². The first-order valence-corrected chi connectivity index (χ1v) is 12.5. The first kappa shape index (κ1) is 22.5. The number of ether oxygens (including phenoxy) is 1. The van der Waals surface area contributed by atoms with Crippen LogP contribution in [0.2, 0.25) is 0 Å². The monoisotopic (exact) mass is 525 g/mol. The Labute approximate surface area is 203 Å². The van der Waals surface area contributed by atoms with Gasteiger partial charge in [0.25, 0.3) is 0 Å². The van der Waals surface area contributed by atoms with Gasteiger partial charge in [-0.1, -0.05) is 57.6 Å². The van der Waals surface area contributed by atoms with Crippen LogP contribution in [0.25, 0.3) is 10.2 Å². The lowest BCUT2D eigenvalue weighted by Crippen LogP contribution is -2.25. The molecule has 0 N–H and O–H groups in total. The van der Waals surface area contributed by atoms with Crippen molar-refractivity contribution in [1.82, 2.24) is 4.98 Å². The molecule has 8 heteroatoms. The Balaban J connectivity index is 1.57. The number of hydrogen-bond acceptors (Lipinski definition) is 6. The maximum Gasteiger partial charge on any atom is 0.250 e. The number of fused-ring (bicyclic) bond motifs is 1. The summed E-state index contributed by atoms with van der Waals surface area (Å²) in [5, 5.41) is 6.45. The Morgan fingerprint density at radius 3 is 2.69 bits per heavy atom. The Morgan fingerprint density at radius 1 is 1.16 bits per heavy atom. The maximum absolute atomic E-state index is 13.1. The molecule has 0 saturated heterocycles. The number of thioether (sulfide) groups is 1. The highest BCUT2D eigenvalue weighted by molar-refractivity contribution is 9.10. The van der Waals surface area contributed by atoms with E-state index in [9.17, 15) is 4.79 Å². The first-order chi connectivity index (χ1) is 15.6. The normalized spacial score (nSPS) is 11.2. The van der Waals surface area contributed by atoms with Gasteiger partial charge < -0.3 is 4.74 Å². The zero-order valence-electron chi connectivity index (χ0n) is 17.3. The van der Waals surface area contributed by atoms with Gasteiger partial charge in [-0.2, -0.15) is 10.1 Å². The van der Waals surface area contributed by atoms with Gasteiger partial charge in [0.1, 0.15) is 5.75 Å². The third kappa shape index (κ3) is 5.76. The van der Waals surface area contributed by atoms with E-state index in [2.05, 4.69) is 26.0 Å². The molecule has 0 aliphatic carbocycles. The van der Waals surface area contributed by atoms with Crippen molar-refractivity contribution in [2.75, 3.05) is 17.9 Å². The summed E-state index contributed by atoms with van der Waals surface area (Å²) in [6.45, 7) is 0. The van der Waals surface area contributed by atoms with Crippen molar-refractivity contribution < 1.29 is 9.53 Å². The summed E-state index contributed by atoms with van der Waals surface area (Å²) >= 11 is 6.50. The number of thiazole rings is 1. The third-order valence-electron chi connectivity index (χ3n) is 4.52. The van der Waals surface area contributed by atoms with Gasteiger partial charge in [0, 0.05) is 21.5 Å². The molecular formula is C24H20BrN3O2S2. The Kier molecular flexibility index (Phi) is 7.57. The second-order valence-corrected chi connectivity index (χ2v) is 9.84. The second-order valence-electron chi connectivity index (χ2n) is 6.74. The van der Waals surface area contributed by atoms with E-state index in [1.807, 2.05) is 72.8 Å². The number of hydrogen-bond donors (Lipinski definition) is 0. The van der Waals surface area contributed by atoms with E-state index < -0.39 is 0 Å². The topological polar surface area (TPSA) is 54.8 Å². The predicted molar refractivity (Wildman–Crippen MR) is 137 cm³/mol. The smallest absolute Gasteiger partial charge is 0.250 e. The minimum Gasteiger partial charge on any atom is -0.497 e. The number of benzene rings is 3. The molecule has 0 spiro atoms. The quantitative estimate of drug-likeness (QED) is 0.147. The first-order valence-electron chi connectivity index (χ1n) is 9.87. The molecular weight excluding hydrogens is 506 g/mol. The van der Waals surface area contributed by atoms with Gasteiger partial charge in [-0.15, -0.1) is 11.8 Å². The van der Waals surface area contributed by atoms with Crippen LogP contribution in [0, 0.1) is 0 Å². The van der Waals surface area contributed by atoms with Crippen molar-refractivity contribution in [2.24, 2.45) is 5.10 Å². The summed E-state index contributed by atoms with van der Waals surface area (Å²) in [4.78, 5) is 18.9. The molecule has 1 heterocycles. The minimum absolute atomic E-state index is 0.104. The molecule has 0 saturated carbocycles. The van der Waals surface area contributed by atoms with E-state index in [4.69, 9.17) is 4.74 Å². The predicted octanol–water partition coefficient (Wildman–Crippen LogP) is 6.62. The number of halogens is 1. The fourth-order valence-corrected chi connectivity index (χ4v) is 4.98. The molecule has 0 bridgehead atoms. The molecule has 162 valence electrons. The van der Waals surface area contributed by atoms with Crippen molar-refractivity contribution >= 4 is 66.5 Å². The number of rotatable bonds is 8. The number of carbonyl (C=O) groups is 1. The minimum atomic E-state index is -0.104.